The number of aromatic nitrogens is 2. The highest BCUT2D eigenvalue weighted by Crippen LogP contribution is 2.27. The molecule has 1 aromatic carbocycles. The molecule has 7 nitrogen and oxygen atoms in total. The lowest BCUT2D eigenvalue weighted by Gasteiger charge is -2.35. The molecule has 1 aliphatic heterocycles. The van der Waals surface area contributed by atoms with E-state index in [0.717, 1.165) is 10.9 Å². The number of hydrogen-bond acceptors (Lipinski definition) is 4. The van der Waals surface area contributed by atoms with Crippen molar-refractivity contribution < 1.29 is 9.59 Å². The fraction of sp³-hybridized carbons (Fsp3) is 0.565. The first-order chi connectivity index (χ1) is 15.0. The summed E-state index contributed by atoms with van der Waals surface area (Å²) in [6.45, 7) is 2.11. The van der Waals surface area contributed by atoms with Gasteiger partial charge in [0, 0.05) is 37.1 Å². The highest BCUT2D eigenvalue weighted by atomic mass is 79.9. The largest absolute Gasteiger partial charge is 0.339 e. The van der Waals surface area contributed by atoms with Crippen LogP contribution in [0.4, 0.5) is 0 Å². The molecule has 2 amide bonds. The Labute approximate surface area is 190 Å². The summed E-state index contributed by atoms with van der Waals surface area (Å²) in [7, 11) is 0. The SMILES string of the molecule is O=C(CCC1CCCCC1)N1CCN(C(=O)Cn2cnc3ccc(Br)cc3c2=O)CC1. The fourth-order valence-corrected chi connectivity index (χ4v) is 5.02. The van der Waals surface area contributed by atoms with Gasteiger partial charge in [0.2, 0.25) is 11.8 Å². The number of piperazine rings is 1. The first kappa shape index (κ1) is 22.0. The summed E-state index contributed by atoms with van der Waals surface area (Å²) in [6, 6.07) is 5.33. The smallest absolute Gasteiger partial charge is 0.261 e. The number of benzene rings is 1. The molecule has 1 saturated heterocycles. The van der Waals surface area contributed by atoms with Crippen molar-refractivity contribution in [3.63, 3.8) is 0 Å². The zero-order valence-electron chi connectivity index (χ0n) is 17.8. The third-order valence-electron chi connectivity index (χ3n) is 6.57. The Kier molecular flexibility index (Phi) is 7.05. The van der Waals surface area contributed by atoms with E-state index in [-0.39, 0.29) is 23.9 Å². The van der Waals surface area contributed by atoms with E-state index in [0.29, 0.717) is 49.4 Å². The molecule has 0 bridgehead atoms. The second-order valence-corrected chi connectivity index (χ2v) is 9.56. The number of amides is 2. The lowest BCUT2D eigenvalue weighted by atomic mass is 9.86. The number of nitrogens with zero attached hydrogens (tertiary/aromatic N) is 4. The molecule has 2 aromatic rings. The molecule has 1 aliphatic carbocycles. The lowest BCUT2D eigenvalue weighted by molar-refractivity contribution is -0.140. The van der Waals surface area contributed by atoms with Gasteiger partial charge < -0.3 is 9.80 Å². The molecule has 0 atom stereocenters. The molecule has 2 heterocycles. The summed E-state index contributed by atoms with van der Waals surface area (Å²) in [5.74, 6) is 0.792. The summed E-state index contributed by atoms with van der Waals surface area (Å²) >= 11 is 3.37. The van der Waals surface area contributed by atoms with Gasteiger partial charge in [0.05, 0.1) is 17.2 Å². The number of fused-ring (bicyclic) bond motifs is 1. The Hall–Kier alpha value is -2.22. The topological polar surface area (TPSA) is 75.5 Å². The van der Waals surface area contributed by atoms with Crippen LogP contribution < -0.4 is 5.56 Å². The maximum Gasteiger partial charge on any atom is 0.261 e. The van der Waals surface area contributed by atoms with Gasteiger partial charge in [0.15, 0.2) is 0 Å². The molecule has 0 radical (unpaired) electrons. The second kappa shape index (κ2) is 9.94. The van der Waals surface area contributed by atoms with Crippen molar-refractivity contribution in [1.82, 2.24) is 19.4 Å². The molecule has 0 spiro atoms. The predicted octanol–water partition coefficient (Wildman–Crippen LogP) is 3.19. The summed E-state index contributed by atoms with van der Waals surface area (Å²) < 4.78 is 2.16. The molecule has 4 rings (SSSR count). The minimum atomic E-state index is -0.226. The maximum absolute atomic E-state index is 12.8. The van der Waals surface area contributed by atoms with Crippen LogP contribution in [-0.2, 0) is 16.1 Å². The molecule has 2 aliphatic rings. The fourth-order valence-electron chi connectivity index (χ4n) is 4.66. The van der Waals surface area contributed by atoms with E-state index in [1.807, 2.05) is 11.0 Å². The van der Waals surface area contributed by atoms with Crippen LogP contribution in [0, 0.1) is 5.92 Å². The Balaban J connectivity index is 1.29. The first-order valence-corrected chi connectivity index (χ1v) is 12.0. The Bertz CT molecular complexity index is 1010. The van der Waals surface area contributed by atoms with Crippen molar-refractivity contribution in [3.8, 4) is 0 Å². The number of carbonyl (C=O) groups is 2. The van der Waals surface area contributed by atoms with Crippen molar-refractivity contribution in [2.75, 3.05) is 26.2 Å². The quantitative estimate of drug-likeness (QED) is 0.647. The van der Waals surface area contributed by atoms with Crippen LogP contribution in [0.3, 0.4) is 0 Å². The molecular formula is C23H29BrN4O3. The van der Waals surface area contributed by atoms with Gasteiger partial charge in [0.1, 0.15) is 6.54 Å². The third kappa shape index (κ3) is 5.34. The second-order valence-electron chi connectivity index (χ2n) is 8.64. The van der Waals surface area contributed by atoms with Crippen LogP contribution in [0.25, 0.3) is 10.9 Å². The van der Waals surface area contributed by atoms with E-state index in [4.69, 9.17) is 0 Å². The van der Waals surface area contributed by atoms with Crippen molar-refractivity contribution in [2.45, 2.75) is 51.5 Å². The zero-order chi connectivity index (χ0) is 21.8. The predicted molar refractivity (Wildman–Crippen MR) is 123 cm³/mol. The van der Waals surface area contributed by atoms with E-state index < -0.39 is 0 Å². The molecule has 1 aromatic heterocycles. The standard InChI is InChI=1S/C23H29BrN4O3/c24-18-7-8-20-19(14-18)23(31)28(16-25-20)15-22(30)27-12-10-26(11-13-27)21(29)9-6-17-4-2-1-3-5-17/h7-8,14,16-17H,1-6,9-13,15H2. The van der Waals surface area contributed by atoms with Crippen LogP contribution in [0.15, 0.2) is 33.8 Å². The van der Waals surface area contributed by atoms with Crippen LogP contribution in [-0.4, -0.2) is 57.3 Å². The van der Waals surface area contributed by atoms with Gasteiger partial charge in [-0.25, -0.2) is 4.98 Å². The minimum absolute atomic E-state index is 0.0378. The molecule has 0 N–H and O–H groups in total. The number of halogens is 1. The van der Waals surface area contributed by atoms with Crippen molar-refractivity contribution in [2.24, 2.45) is 5.92 Å². The molecular weight excluding hydrogens is 460 g/mol. The number of rotatable bonds is 5. The van der Waals surface area contributed by atoms with E-state index in [9.17, 15) is 14.4 Å². The first-order valence-electron chi connectivity index (χ1n) is 11.2. The van der Waals surface area contributed by atoms with Gasteiger partial charge in [-0.15, -0.1) is 0 Å². The van der Waals surface area contributed by atoms with Gasteiger partial charge in [-0.05, 0) is 30.5 Å². The van der Waals surface area contributed by atoms with Crippen LogP contribution >= 0.6 is 15.9 Å². The van der Waals surface area contributed by atoms with Crippen molar-refractivity contribution >= 4 is 38.6 Å². The van der Waals surface area contributed by atoms with Crippen LogP contribution in [0.5, 0.6) is 0 Å². The molecule has 0 unspecified atom stereocenters. The van der Waals surface area contributed by atoms with E-state index in [1.54, 1.807) is 17.0 Å². The van der Waals surface area contributed by atoms with Gasteiger partial charge in [0.25, 0.3) is 5.56 Å². The Morgan fingerprint density at radius 1 is 1.00 bits per heavy atom. The molecule has 8 heteroatoms. The summed E-state index contributed by atoms with van der Waals surface area (Å²) in [4.78, 5) is 46.0. The highest BCUT2D eigenvalue weighted by Gasteiger charge is 2.25. The number of carbonyl (C=O) groups excluding carboxylic acids is 2. The van der Waals surface area contributed by atoms with E-state index in [2.05, 4.69) is 20.9 Å². The number of hydrogen-bond donors (Lipinski definition) is 0. The molecule has 31 heavy (non-hydrogen) atoms. The highest BCUT2D eigenvalue weighted by molar-refractivity contribution is 9.10. The molecule has 2 fully saturated rings. The van der Waals surface area contributed by atoms with E-state index >= 15 is 0 Å². The summed E-state index contributed by atoms with van der Waals surface area (Å²) in [5.41, 5.74) is 0.383. The Morgan fingerprint density at radius 3 is 2.39 bits per heavy atom. The summed E-state index contributed by atoms with van der Waals surface area (Å²) in [5, 5.41) is 0.484. The zero-order valence-corrected chi connectivity index (χ0v) is 19.3. The van der Waals surface area contributed by atoms with E-state index in [1.165, 1.54) is 43.0 Å². The van der Waals surface area contributed by atoms with Crippen LogP contribution in [0.1, 0.15) is 44.9 Å². The average Bonchev–Trinajstić information content (AvgIpc) is 2.80. The van der Waals surface area contributed by atoms with Gasteiger partial charge in [-0.2, -0.15) is 0 Å². The normalized spacial score (nSPS) is 17.8. The summed E-state index contributed by atoms with van der Waals surface area (Å²) in [6.07, 6.45) is 9.49. The van der Waals surface area contributed by atoms with Gasteiger partial charge in [-0.1, -0.05) is 48.0 Å². The van der Waals surface area contributed by atoms with Crippen LogP contribution in [0.2, 0.25) is 0 Å². The lowest BCUT2D eigenvalue weighted by Crippen LogP contribution is -2.51. The van der Waals surface area contributed by atoms with Gasteiger partial charge in [-0.3, -0.25) is 19.0 Å². The average molecular weight is 489 g/mol. The third-order valence-corrected chi connectivity index (χ3v) is 7.06. The van der Waals surface area contributed by atoms with Gasteiger partial charge >= 0.3 is 0 Å². The molecule has 166 valence electrons. The Morgan fingerprint density at radius 2 is 1.68 bits per heavy atom. The monoisotopic (exact) mass is 488 g/mol. The van der Waals surface area contributed by atoms with Crippen molar-refractivity contribution in [3.05, 3.63) is 39.4 Å². The van der Waals surface area contributed by atoms with Crippen molar-refractivity contribution in [1.29, 1.82) is 0 Å². The minimum Gasteiger partial charge on any atom is -0.339 e. The maximum atomic E-state index is 12.8. The molecule has 1 saturated carbocycles.